The Morgan fingerprint density at radius 3 is 2.80 bits per heavy atom. The van der Waals surface area contributed by atoms with Crippen LogP contribution in [0.2, 0.25) is 5.02 Å². The smallest absolute Gasteiger partial charge is 0.0438 e. The Balaban J connectivity index is 2.21. The maximum atomic E-state index is 6.27. The van der Waals surface area contributed by atoms with Gasteiger partial charge in [0.2, 0.25) is 0 Å². The highest BCUT2D eigenvalue weighted by atomic mass is 79.9. The zero-order valence-corrected chi connectivity index (χ0v) is 13.8. The van der Waals surface area contributed by atoms with E-state index in [1.807, 2.05) is 24.4 Å². The van der Waals surface area contributed by atoms with Gasteiger partial charge in [-0.2, -0.15) is 0 Å². The Bertz CT molecular complexity index is 560. The Hall–Kier alpha value is -0.900. The van der Waals surface area contributed by atoms with Crippen LogP contribution in [0.25, 0.3) is 0 Å². The standard InChI is InChI=1S/C16H18BrClN2/c1-2-7-20-16(13-8-14(17)11-19-10-13)9-12-5-3-4-6-15(12)18/h3-6,8,10-11,16,20H,2,7,9H2,1H3. The fraction of sp³-hybridized carbons (Fsp3) is 0.312. The topological polar surface area (TPSA) is 24.9 Å². The summed E-state index contributed by atoms with van der Waals surface area (Å²) in [6, 6.07) is 10.3. The van der Waals surface area contributed by atoms with E-state index in [9.17, 15) is 0 Å². The largest absolute Gasteiger partial charge is 0.310 e. The predicted octanol–water partition coefficient (Wildman–Crippen LogP) is 4.78. The molecule has 0 saturated carbocycles. The van der Waals surface area contributed by atoms with E-state index >= 15 is 0 Å². The Morgan fingerprint density at radius 2 is 2.10 bits per heavy atom. The molecule has 0 spiro atoms. The van der Waals surface area contributed by atoms with E-state index in [4.69, 9.17) is 11.6 Å². The number of hydrogen-bond donors (Lipinski definition) is 1. The van der Waals surface area contributed by atoms with Gasteiger partial charge in [0.1, 0.15) is 0 Å². The summed E-state index contributed by atoms with van der Waals surface area (Å²) in [7, 11) is 0. The lowest BCUT2D eigenvalue weighted by atomic mass is 10.00. The first-order valence-corrected chi connectivity index (χ1v) is 7.95. The summed E-state index contributed by atoms with van der Waals surface area (Å²) in [6.07, 6.45) is 5.67. The first kappa shape index (κ1) is 15.5. The summed E-state index contributed by atoms with van der Waals surface area (Å²) >= 11 is 9.75. The fourth-order valence-electron chi connectivity index (χ4n) is 2.13. The summed E-state index contributed by atoms with van der Waals surface area (Å²) in [5, 5.41) is 4.39. The molecule has 106 valence electrons. The summed E-state index contributed by atoms with van der Waals surface area (Å²) in [5.41, 5.74) is 2.33. The van der Waals surface area contributed by atoms with Crippen molar-refractivity contribution in [1.29, 1.82) is 0 Å². The second-order valence-corrected chi connectivity index (χ2v) is 6.06. The van der Waals surface area contributed by atoms with Gasteiger partial charge in [0.15, 0.2) is 0 Å². The minimum absolute atomic E-state index is 0.222. The van der Waals surface area contributed by atoms with Gasteiger partial charge < -0.3 is 5.32 Å². The van der Waals surface area contributed by atoms with Gasteiger partial charge in [0, 0.05) is 27.9 Å². The summed E-state index contributed by atoms with van der Waals surface area (Å²) < 4.78 is 0.998. The molecule has 4 heteroatoms. The van der Waals surface area contributed by atoms with Crippen LogP contribution in [0, 0.1) is 0 Å². The van der Waals surface area contributed by atoms with E-state index in [0.29, 0.717) is 0 Å². The van der Waals surface area contributed by atoms with E-state index in [1.165, 1.54) is 5.56 Å². The van der Waals surface area contributed by atoms with Gasteiger partial charge in [-0.05, 0) is 58.6 Å². The van der Waals surface area contributed by atoms with Crippen LogP contribution in [0.15, 0.2) is 47.2 Å². The second-order valence-electron chi connectivity index (χ2n) is 4.74. The molecule has 0 radical (unpaired) electrons. The molecule has 0 bridgehead atoms. The third-order valence-corrected chi connectivity index (χ3v) is 3.95. The van der Waals surface area contributed by atoms with Crippen molar-refractivity contribution in [3.05, 3.63) is 63.3 Å². The fourth-order valence-corrected chi connectivity index (χ4v) is 2.72. The molecule has 0 saturated heterocycles. The molecule has 0 aliphatic carbocycles. The van der Waals surface area contributed by atoms with Crippen molar-refractivity contribution >= 4 is 27.5 Å². The normalized spacial score (nSPS) is 12.3. The van der Waals surface area contributed by atoms with E-state index in [1.54, 1.807) is 6.20 Å². The zero-order valence-electron chi connectivity index (χ0n) is 11.4. The van der Waals surface area contributed by atoms with Crippen LogP contribution in [0.4, 0.5) is 0 Å². The summed E-state index contributed by atoms with van der Waals surface area (Å²) in [6.45, 7) is 3.14. The Kier molecular flexibility index (Phi) is 6.02. The van der Waals surface area contributed by atoms with Gasteiger partial charge in [0.25, 0.3) is 0 Å². The van der Waals surface area contributed by atoms with Crippen molar-refractivity contribution in [1.82, 2.24) is 10.3 Å². The van der Waals surface area contributed by atoms with Gasteiger partial charge in [-0.3, -0.25) is 4.98 Å². The SMILES string of the molecule is CCCNC(Cc1ccccc1Cl)c1cncc(Br)c1. The molecule has 2 rings (SSSR count). The average Bonchev–Trinajstić information content (AvgIpc) is 2.45. The van der Waals surface area contributed by atoms with Crippen LogP contribution in [0.3, 0.4) is 0 Å². The van der Waals surface area contributed by atoms with Crippen LogP contribution in [-0.4, -0.2) is 11.5 Å². The minimum atomic E-state index is 0.222. The molecule has 1 unspecified atom stereocenters. The van der Waals surface area contributed by atoms with Gasteiger partial charge in [-0.25, -0.2) is 0 Å². The molecular formula is C16H18BrClN2. The quantitative estimate of drug-likeness (QED) is 0.808. The number of halogens is 2. The molecule has 0 fully saturated rings. The number of aromatic nitrogens is 1. The molecule has 20 heavy (non-hydrogen) atoms. The molecule has 2 aromatic rings. The zero-order chi connectivity index (χ0) is 14.4. The molecule has 1 aromatic carbocycles. The van der Waals surface area contributed by atoms with Crippen molar-refractivity contribution in [2.24, 2.45) is 0 Å². The molecule has 1 heterocycles. The molecule has 0 aliphatic heterocycles. The highest BCUT2D eigenvalue weighted by Gasteiger charge is 2.14. The lowest BCUT2D eigenvalue weighted by Crippen LogP contribution is -2.24. The first-order chi connectivity index (χ1) is 9.70. The lowest BCUT2D eigenvalue weighted by Gasteiger charge is -2.19. The average molecular weight is 354 g/mol. The third-order valence-electron chi connectivity index (χ3n) is 3.15. The van der Waals surface area contributed by atoms with Crippen LogP contribution in [-0.2, 0) is 6.42 Å². The number of rotatable bonds is 6. The molecule has 1 N–H and O–H groups in total. The lowest BCUT2D eigenvalue weighted by molar-refractivity contribution is 0.528. The number of nitrogens with zero attached hydrogens (tertiary/aromatic N) is 1. The van der Waals surface area contributed by atoms with Gasteiger partial charge in [-0.1, -0.05) is 36.7 Å². The number of benzene rings is 1. The maximum Gasteiger partial charge on any atom is 0.0438 e. The highest BCUT2D eigenvalue weighted by Crippen LogP contribution is 2.24. The number of hydrogen-bond acceptors (Lipinski definition) is 2. The van der Waals surface area contributed by atoms with Crippen LogP contribution in [0.5, 0.6) is 0 Å². The molecule has 1 atom stereocenters. The molecule has 2 nitrogen and oxygen atoms in total. The number of pyridine rings is 1. The van der Waals surface area contributed by atoms with E-state index < -0.39 is 0 Å². The third kappa shape index (κ3) is 4.30. The van der Waals surface area contributed by atoms with E-state index in [0.717, 1.165) is 34.4 Å². The molecule has 1 aromatic heterocycles. The number of nitrogens with one attached hydrogen (secondary N) is 1. The summed E-state index contributed by atoms with van der Waals surface area (Å²) in [4.78, 5) is 4.26. The molecule has 0 aliphatic rings. The van der Waals surface area contributed by atoms with Crippen LogP contribution < -0.4 is 5.32 Å². The van der Waals surface area contributed by atoms with Crippen molar-refractivity contribution in [2.45, 2.75) is 25.8 Å². The minimum Gasteiger partial charge on any atom is -0.310 e. The summed E-state index contributed by atoms with van der Waals surface area (Å²) in [5.74, 6) is 0. The van der Waals surface area contributed by atoms with Crippen LogP contribution >= 0.6 is 27.5 Å². The second kappa shape index (κ2) is 7.77. The van der Waals surface area contributed by atoms with Gasteiger partial charge >= 0.3 is 0 Å². The van der Waals surface area contributed by atoms with Crippen molar-refractivity contribution in [3.63, 3.8) is 0 Å². The van der Waals surface area contributed by atoms with E-state index in [2.05, 4.69) is 45.3 Å². The Morgan fingerprint density at radius 1 is 1.30 bits per heavy atom. The first-order valence-electron chi connectivity index (χ1n) is 6.78. The van der Waals surface area contributed by atoms with Crippen LogP contribution in [0.1, 0.15) is 30.5 Å². The van der Waals surface area contributed by atoms with Crippen molar-refractivity contribution in [3.8, 4) is 0 Å². The molecule has 0 amide bonds. The van der Waals surface area contributed by atoms with Gasteiger partial charge in [-0.15, -0.1) is 0 Å². The van der Waals surface area contributed by atoms with Gasteiger partial charge in [0.05, 0.1) is 0 Å². The maximum absolute atomic E-state index is 6.27. The monoisotopic (exact) mass is 352 g/mol. The highest BCUT2D eigenvalue weighted by molar-refractivity contribution is 9.10. The Labute approximate surface area is 133 Å². The molecular weight excluding hydrogens is 336 g/mol. The van der Waals surface area contributed by atoms with E-state index in [-0.39, 0.29) is 6.04 Å². The van der Waals surface area contributed by atoms with Crippen molar-refractivity contribution in [2.75, 3.05) is 6.54 Å². The predicted molar refractivity (Wildman–Crippen MR) is 88.1 cm³/mol. The van der Waals surface area contributed by atoms with Crippen molar-refractivity contribution < 1.29 is 0 Å².